The van der Waals surface area contributed by atoms with Crippen molar-refractivity contribution in [1.82, 2.24) is 10.2 Å². The topological polar surface area (TPSA) is 61.8 Å². The zero-order valence-electron chi connectivity index (χ0n) is 13.3. The van der Waals surface area contributed by atoms with Crippen LogP contribution in [0.25, 0.3) is 0 Å². The van der Waals surface area contributed by atoms with Gasteiger partial charge in [0.2, 0.25) is 5.91 Å². The van der Waals surface area contributed by atoms with Crippen molar-refractivity contribution in [1.29, 1.82) is 0 Å². The molecule has 0 aliphatic carbocycles. The molecule has 0 bridgehead atoms. The van der Waals surface area contributed by atoms with E-state index in [-0.39, 0.29) is 17.5 Å². The Hall–Kier alpha value is -1.66. The van der Waals surface area contributed by atoms with Crippen LogP contribution in [0.5, 0.6) is 5.75 Å². The van der Waals surface area contributed by atoms with E-state index in [4.69, 9.17) is 4.74 Å². The summed E-state index contributed by atoms with van der Waals surface area (Å²) < 4.78 is 18.5. The molecule has 2 fully saturated rings. The number of amides is 1. The number of rotatable bonds is 3. The van der Waals surface area contributed by atoms with Crippen LogP contribution in [0.3, 0.4) is 0 Å². The van der Waals surface area contributed by atoms with E-state index in [2.05, 4.69) is 10.2 Å². The zero-order chi connectivity index (χ0) is 16.4. The Morgan fingerprint density at radius 2 is 2.35 bits per heavy atom. The van der Waals surface area contributed by atoms with Crippen molar-refractivity contribution in [3.63, 3.8) is 0 Å². The van der Waals surface area contributed by atoms with Crippen molar-refractivity contribution in [3.8, 4) is 5.75 Å². The van der Waals surface area contributed by atoms with E-state index in [1.807, 2.05) is 0 Å². The summed E-state index contributed by atoms with van der Waals surface area (Å²) in [5, 5.41) is 13.3. The first kappa shape index (κ1) is 16.2. The second-order valence-electron chi connectivity index (χ2n) is 6.50. The van der Waals surface area contributed by atoms with Gasteiger partial charge in [0, 0.05) is 26.2 Å². The zero-order valence-corrected chi connectivity index (χ0v) is 13.3. The molecule has 2 saturated heterocycles. The lowest BCUT2D eigenvalue weighted by Crippen LogP contribution is -2.61. The number of piperidine rings is 2. The predicted octanol–water partition coefficient (Wildman–Crippen LogP) is 1.30. The summed E-state index contributed by atoms with van der Waals surface area (Å²) in [5.41, 5.74) is 0.228. The predicted molar refractivity (Wildman–Crippen MR) is 83.5 cm³/mol. The minimum absolute atomic E-state index is 0.0439. The molecule has 5 nitrogen and oxygen atoms in total. The molecule has 1 spiro atoms. The molecule has 6 heteroatoms. The van der Waals surface area contributed by atoms with Gasteiger partial charge in [0.25, 0.3) is 0 Å². The van der Waals surface area contributed by atoms with Crippen molar-refractivity contribution in [2.75, 3.05) is 26.7 Å². The number of benzene rings is 1. The minimum Gasteiger partial charge on any atom is -0.494 e. The number of nitrogens with one attached hydrogen (secondary N) is 1. The number of carbonyl (C=O) groups is 1. The Kier molecular flexibility index (Phi) is 4.55. The molecule has 1 aromatic carbocycles. The van der Waals surface area contributed by atoms with Crippen LogP contribution < -0.4 is 10.1 Å². The summed E-state index contributed by atoms with van der Waals surface area (Å²) in [6.07, 6.45) is 1.58. The van der Waals surface area contributed by atoms with Crippen LogP contribution in [0.15, 0.2) is 18.2 Å². The molecule has 0 radical (unpaired) electrons. The van der Waals surface area contributed by atoms with Crippen LogP contribution in [0.4, 0.5) is 4.39 Å². The molecular weight excluding hydrogens is 299 g/mol. The highest BCUT2D eigenvalue weighted by Crippen LogP contribution is 2.37. The SMILES string of the molecule is COc1cc(CN2CC[C@H](O)[C@@]3(CCCNC3=O)C2)ccc1F. The maximum atomic E-state index is 13.5. The van der Waals surface area contributed by atoms with E-state index in [0.29, 0.717) is 32.5 Å². The number of aliphatic hydroxyl groups is 1. The van der Waals surface area contributed by atoms with Gasteiger partial charge in [-0.2, -0.15) is 0 Å². The van der Waals surface area contributed by atoms with E-state index >= 15 is 0 Å². The number of halogens is 1. The molecular formula is C17H23FN2O3. The van der Waals surface area contributed by atoms with Gasteiger partial charge in [-0.1, -0.05) is 6.07 Å². The lowest BCUT2D eigenvalue weighted by Gasteiger charge is -2.47. The normalized spacial score (nSPS) is 28.7. The van der Waals surface area contributed by atoms with Crippen LogP contribution >= 0.6 is 0 Å². The summed E-state index contributed by atoms with van der Waals surface area (Å²) in [6, 6.07) is 4.82. The molecule has 126 valence electrons. The van der Waals surface area contributed by atoms with Gasteiger partial charge in [0.15, 0.2) is 11.6 Å². The number of hydrogen-bond acceptors (Lipinski definition) is 4. The smallest absolute Gasteiger partial charge is 0.230 e. The molecule has 0 unspecified atom stereocenters. The van der Waals surface area contributed by atoms with Gasteiger partial charge in [-0.15, -0.1) is 0 Å². The van der Waals surface area contributed by atoms with Gasteiger partial charge < -0.3 is 15.2 Å². The van der Waals surface area contributed by atoms with Gasteiger partial charge in [-0.25, -0.2) is 4.39 Å². The van der Waals surface area contributed by atoms with Crippen molar-refractivity contribution < 1.29 is 19.0 Å². The summed E-state index contributed by atoms with van der Waals surface area (Å²) in [7, 11) is 1.45. The summed E-state index contributed by atoms with van der Waals surface area (Å²) >= 11 is 0. The third kappa shape index (κ3) is 3.05. The van der Waals surface area contributed by atoms with Gasteiger partial charge in [-0.3, -0.25) is 9.69 Å². The fourth-order valence-electron chi connectivity index (χ4n) is 3.72. The maximum absolute atomic E-state index is 13.5. The van der Waals surface area contributed by atoms with Gasteiger partial charge >= 0.3 is 0 Å². The van der Waals surface area contributed by atoms with E-state index < -0.39 is 11.5 Å². The summed E-state index contributed by atoms with van der Waals surface area (Å²) in [6.45, 7) is 2.54. The molecule has 1 amide bonds. The second kappa shape index (κ2) is 6.45. The van der Waals surface area contributed by atoms with Crippen LogP contribution in [0.1, 0.15) is 24.8 Å². The third-order valence-corrected chi connectivity index (χ3v) is 5.02. The average molecular weight is 322 g/mol. The monoisotopic (exact) mass is 322 g/mol. The first-order chi connectivity index (χ1) is 11.0. The maximum Gasteiger partial charge on any atom is 0.230 e. The van der Waals surface area contributed by atoms with Crippen molar-refractivity contribution in [2.45, 2.75) is 31.9 Å². The van der Waals surface area contributed by atoms with Gasteiger partial charge in [0.1, 0.15) is 0 Å². The number of carbonyl (C=O) groups excluding carboxylic acids is 1. The summed E-state index contributed by atoms with van der Waals surface area (Å²) in [5.74, 6) is -0.198. The lowest BCUT2D eigenvalue weighted by molar-refractivity contribution is -0.149. The molecule has 1 aromatic rings. The standard InChI is InChI=1S/C17H23FN2O3/c1-23-14-9-12(3-4-13(14)18)10-20-8-5-15(21)17(11-20)6-2-7-19-16(17)22/h3-4,9,15,21H,2,5-8,10-11H2,1H3,(H,19,22)/t15-,17+/m0/s1. The van der Waals surface area contributed by atoms with Gasteiger partial charge in [0.05, 0.1) is 18.6 Å². The number of hydrogen-bond donors (Lipinski definition) is 2. The average Bonchev–Trinajstić information content (AvgIpc) is 2.55. The van der Waals surface area contributed by atoms with Gasteiger partial charge in [-0.05, 0) is 37.0 Å². The largest absolute Gasteiger partial charge is 0.494 e. The van der Waals surface area contributed by atoms with Crippen LogP contribution in [0.2, 0.25) is 0 Å². The van der Waals surface area contributed by atoms with Crippen molar-refractivity contribution in [2.24, 2.45) is 5.41 Å². The molecule has 0 saturated carbocycles. The van der Waals surface area contributed by atoms with E-state index in [1.165, 1.54) is 13.2 Å². The van der Waals surface area contributed by atoms with E-state index in [0.717, 1.165) is 18.5 Å². The van der Waals surface area contributed by atoms with Crippen LogP contribution in [0, 0.1) is 11.2 Å². The molecule has 2 atom stereocenters. The molecule has 0 aromatic heterocycles. The Morgan fingerprint density at radius 1 is 1.52 bits per heavy atom. The number of methoxy groups -OCH3 is 1. The highest BCUT2D eigenvalue weighted by atomic mass is 19.1. The number of aliphatic hydroxyl groups excluding tert-OH is 1. The number of likely N-dealkylation sites (tertiary alicyclic amines) is 1. The van der Waals surface area contributed by atoms with Crippen LogP contribution in [-0.2, 0) is 11.3 Å². The quantitative estimate of drug-likeness (QED) is 0.880. The molecule has 2 N–H and O–H groups in total. The van der Waals surface area contributed by atoms with Crippen molar-refractivity contribution in [3.05, 3.63) is 29.6 Å². The Balaban J connectivity index is 1.75. The highest BCUT2D eigenvalue weighted by Gasteiger charge is 2.49. The Labute approximate surface area is 135 Å². The van der Waals surface area contributed by atoms with Crippen LogP contribution in [-0.4, -0.2) is 48.8 Å². The van der Waals surface area contributed by atoms with E-state index in [9.17, 15) is 14.3 Å². The first-order valence-corrected chi connectivity index (χ1v) is 8.06. The number of ether oxygens (including phenoxy) is 1. The van der Waals surface area contributed by atoms with Crippen molar-refractivity contribution >= 4 is 5.91 Å². The Bertz CT molecular complexity index is 595. The molecule has 3 rings (SSSR count). The fraction of sp³-hybridized carbons (Fsp3) is 0.588. The molecule has 2 aliphatic rings. The molecule has 2 aliphatic heterocycles. The summed E-state index contributed by atoms with van der Waals surface area (Å²) in [4.78, 5) is 14.5. The fourth-order valence-corrected chi connectivity index (χ4v) is 3.72. The number of nitrogens with zero attached hydrogens (tertiary/aromatic N) is 1. The molecule has 23 heavy (non-hydrogen) atoms. The lowest BCUT2D eigenvalue weighted by atomic mass is 9.71. The second-order valence-corrected chi connectivity index (χ2v) is 6.50. The molecule has 2 heterocycles. The third-order valence-electron chi connectivity index (χ3n) is 5.02. The minimum atomic E-state index is -0.708. The highest BCUT2D eigenvalue weighted by molar-refractivity contribution is 5.84. The Morgan fingerprint density at radius 3 is 3.09 bits per heavy atom. The van der Waals surface area contributed by atoms with E-state index in [1.54, 1.807) is 12.1 Å². The first-order valence-electron chi connectivity index (χ1n) is 8.06.